The fraction of sp³-hybridized carbons (Fsp3) is 0.562. The predicted octanol–water partition coefficient (Wildman–Crippen LogP) is 2.50. The molecule has 0 radical (unpaired) electrons. The van der Waals surface area contributed by atoms with Gasteiger partial charge in [-0.25, -0.2) is 17.6 Å². The molecule has 2 rings (SSSR count). The number of rotatable bonds is 5. The van der Waals surface area contributed by atoms with Gasteiger partial charge in [-0.2, -0.15) is 0 Å². The van der Waals surface area contributed by atoms with Gasteiger partial charge in [0.1, 0.15) is 5.82 Å². The number of nitrogens with one attached hydrogen (secondary N) is 1. The van der Waals surface area contributed by atoms with Crippen molar-refractivity contribution in [3.05, 3.63) is 35.6 Å². The second-order valence-electron chi connectivity index (χ2n) is 5.72. The quantitative estimate of drug-likeness (QED) is 0.894. The zero-order valence-corrected chi connectivity index (χ0v) is 14.1. The van der Waals surface area contributed by atoms with Crippen LogP contribution in [0.5, 0.6) is 0 Å². The minimum atomic E-state index is -3.09. The van der Waals surface area contributed by atoms with Crippen LogP contribution in [0, 0.1) is 5.82 Å². The average molecular weight is 342 g/mol. The zero-order chi connectivity index (χ0) is 16.9. The lowest BCUT2D eigenvalue weighted by Crippen LogP contribution is -2.45. The summed E-state index contributed by atoms with van der Waals surface area (Å²) in [6, 6.07) is 5.85. The van der Waals surface area contributed by atoms with E-state index >= 15 is 0 Å². The van der Waals surface area contributed by atoms with Crippen molar-refractivity contribution >= 4 is 15.9 Å². The summed E-state index contributed by atoms with van der Waals surface area (Å²) in [5.41, 5.74) is 0.905. The Hall–Kier alpha value is -1.63. The van der Waals surface area contributed by atoms with E-state index in [1.807, 2.05) is 0 Å². The number of carbonyl (C=O) groups excluding carboxylic acids is 1. The number of urea groups is 1. The predicted molar refractivity (Wildman–Crippen MR) is 87.4 cm³/mol. The number of likely N-dealkylation sites (tertiary alicyclic amines) is 1. The van der Waals surface area contributed by atoms with Crippen molar-refractivity contribution < 1.29 is 17.6 Å². The summed E-state index contributed by atoms with van der Waals surface area (Å²) in [6.45, 7) is 2.32. The van der Waals surface area contributed by atoms with Gasteiger partial charge in [0, 0.05) is 18.8 Å². The molecule has 1 saturated heterocycles. The molecule has 0 saturated carbocycles. The average Bonchev–Trinajstić information content (AvgIpc) is 2.55. The largest absolute Gasteiger partial charge is 0.337 e. The highest BCUT2D eigenvalue weighted by molar-refractivity contribution is 7.91. The number of halogens is 1. The lowest BCUT2D eigenvalue weighted by atomic mass is 9.95. The SMILES string of the molecule is CCS(=O)(=O)CCNC(=O)N1CCCC[C@H]1c1ccc(F)cc1. The number of amides is 2. The van der Waals surface area contributed by atoms with E-state index in [-0.39, 0.29) is 35.9 Å². The maximum Gasteiger partial charge on any atom is 0.317 e. The second-order valence-corrected chi connectivity index (χ2v) is 8.20. The Labute approximate surface area is 136 Å². The molecule has 128 valence electrons. The third kappa shape index (κ3) is 4.92. The van der Waals surface area contributed by atoms with E-state index in [1.165, 1.54) is 12.1 Å². The van der Waals surface area contributed by atoms with Gasteiger partial charge in [-0.15, -0.1) is 0 Å². The van der Waals surface area contributed by atoms with Crippen molar-refractivity contribution in [3.8, 4) is 0 Å². The van der Waals surface area contributed by atoms with Crippen LogP contribution in [0.1, 0.15) is 37.8 Å². The fourth-order valence-electron chi connectivity index (χ4n) is 2.77. The number of hydrogen-bond donors (Lipinski definition) is 1. The molecule has 1 aromatic carbocycles. The van der Waals surface area contributed by atoms with Gasteiger partial charge in [0.25, 0.3) is 0 Å². The summed E-state index contributed by atoms with van der Waals surface area (Å²) in [4.78, 5) is 14.1. The van der Waals surface area contributed by atoms with E-state index < -0.39 is 9.84 Å². The molecule has 0 aliphatic carbocycles. The molecule has 5 nitrogen and oxygen atoms in total. The van der Waals surface area contributed by atoms with Gasteiger partial charge in [-0.1, -0.05) is 19.1 Å². The highest BCUT2D eigenvalue weighted by Gasteiger charge is 2.27. The molecule has 0 bridgehead atoms. The van der Waals surface area contributed by atoms with E-state index in [4.69, 9.17) is 0 Å². The number of sulfone groups is 1. The lowest BCUT2D eigenvalue weighted by molar-refractivity contribution is 0.152. The van der Waals surface area contributed by atoms with E-state index in [0.29, 0.717) is 6.54 Å². The highest BCUT2D eigenvalue weighted by atomic mass is 32.2. The van der Waals surface area contributed by atoms with Crippen LogP contribution in [-0.4, -0.2) is 43.9 Å². The molecule has 2 amide bonds. The molecule has 1 aromatic rings. The van der Waals surface area contributed by atoms with Crippen molar-refractivity contribution in [1.29, 1.82) is 0 Å². The molecule has 1 fully saturated rings. The van der Waals surface area contributed by atoms with Crippen LogP contribution in [0.15, 0.2) is 24.3 Å². The first-order valence-electron chi connectivity index (χ1n) is 7.93. The Morgan fingerprint density at radius 1 is 1.30 bits per heavy atom. The van der Waals surface area contributed by atoms with Crippen LogP contribution < -0.4 is 5.32 Å². The number of nitrogens with zero attached hydrogens (tertiary/aromatic N) is 1. The highest BCUT2D eigenvalue weighted by Crippen LogP contribution is 2.30. The molecular weight excluding hydrogens is 319 g/mol. The maximum absolute atomic E-state index is 13.1. The Kier molecular flexibility index (Phi) is 5.98. The number of piperidine rings is 1. The summed E-state index contributed by atoms with van der Waals surface area (Å²) in [5, 5.41) is 2.69. The molecule has 1 aliphatic heterocycles. The summed E-state index contributed by atoms with van der Waals surface area (Å²) >= 11 is 0. The third-order valence-electron chi connectivity index (χ3n) is 4.15. The lowest BCUT2D eigenvalue weighted by Gasteiger charge is -2.36. The van der Waals surface area contributed by atoms with Crippen LogP contribution in [0.3, 0.4) is 0 Å². The first-order chi connectivity index (χ1) is 10.9. The van der Waals surface area contributed by atoms with Crippen LogP contribution in [0.2, 0.25) is 0 Å². The first-order valence-corrected chi connectivity index (χ1v) is 9.75. The fourth-order valence-corrected chi connectivity index (χ4v) is 3.47. The maximum atomic E-state index is 13.1. The Balaban J connectivity index is 2.00. The van der Waals surface area contributed by atoms with E-state index in [0.717, 1.165) is 24.8 Å². The molecule has 7 heteroatoms. The molecule has 1 N–H and O–H groups in total. The molecule has 1 aliphatic rings. The van der Waals surface area contributed by atoms with Gasteiger partial charge in [-0.3, -0.25) is 0 Å². The monoisotopic (exact) mass is 342 g/mol. The van der Waals surface area contributed by atoms with E-state index in [1.54, 1.807) is 24.0 Å². The molecule has 0 spiro atoms. The van der Waals surface area contributed by atoms with E-state index in [2.05, 4.69) is 5.32 Å². The summed E-state index contributed by atoms with van der Waals surface area (Å²) < 4.78 is 36.0. The van der Waals surface area contributed by atoms with Crippen LogP contribution >= 0.6 is 0 Å². The van der Waals surface area contributed by atoms with Gasteiger partial charge < -0.3 is 10.2 Å². The second kappa shape index (κ2) is 7.77. The normalized spacial score (nSPS) is 18.7. The van der Waals surface area contributed by atoms with E-state index in [9.17, 15) is 17.6 Å². The van der Waals surface area contributed by atoms with Gasteiger partial charge >= 0.3 is 6.03 Å². The minimum absolute atomic E-state index is 0.0513. The van der Waals surface area contributed by atoms with Crippen LogP contribution in [0.25, 0.3) is 0 Å². The van der Waals surface area contributed by atoms with Crippen LogP contribution in [-0.2, 0) is 9.84 Å². The van der Waals surface area contributed by atoms with Crippen molar-refractivity contribution in [2.75, 3.05) is 24.6 Å². The smallest absolute Gasteiger partial charge is 0.317 e. The Morgan fingerprint density at radius 3 is 2.65 bits per heavy atom. The van der Waals surface area contributed by atoms with Gasteiger partial charge in [0.15, 0.2) is 9.84 Å². The summed E-state index contributed by atoms with van der Waals surface area (Å²) in [5.74, 6) is -0.278. The van der Waals surface area contributed by atoms with Gasteiger partial charge in [0.2, 0.25) is 0 Å². The topological polar surface area (TPSA) is 66.5 Å². The van der Waals surface area contributed by atoms with Gasteiger partial charge in [-0.05, 0) is 37.0 Å². The molecule has 1 atom stereocenters. The van der Waals surface area contributed by atoms with Crippen LogP contribution in [0.4, 0.5) is 9.18 Å². The molecule has 0 aromatic heterocycles. The third-order valence-corrected chi connectivity index (χ3v) is 5.85. The van der Waals surface area contributed by atoms with Crippen molar-refractivity contribution in [2.24, 2.45) is 0 Å². The first kappa shape index (κ1) is 17.7. The summed E-state index contributed by atoms with van der Waals surface area (Å²) in [6.07, 6.45) is 2.75. The zero-order valence-electron chi connectivity index (χ0n) is 13.3. The number of carbonyl (C=O) groups is 1. The standard InChI is InChI=1S/C16H23FN2O3S/c1-2-23(21,22)12-10-18-16(20)19-11-4-3-5-15(19)13-6-8-14(17)9-7-13/h6-9,15H,2-5,10-12H2,1H3,(H,18,20)/t15-/m0/s1. The van der Waals surface area contributed by atoms with Gasteiger partial charge in [0.05, 0.1) is 11.8 Å². The number of benzene rings is 1. The van der Waals surface area contributed by atoms with Crippen molar-refractivity contribution in [3.63, 3.8) is 0 Å². The summed E-state index contributed by atoms with van der Waals surface area (Å²) in [7, 11) is -3.09. The number of hydrogen-bond acceptors (Lipinski definition) is 3. The Bertz CT molecular complexity index is 631. The molecule has 1 heterocycles. The van der Waals surface area contributed by atoms with Crippen molar-refractivity contribution in [1.82, 2.24) is 10.2 Å². The molecular formula is C16H23FN2O3S. The Morgan fingerprint density at radius 2 is 2.00 bits per heavy atom. The molecule has 23 heavy (non-hydrogen) atoms. The molecule has 0 unspecified atom stereocenters. The van der Waals surface area contributed by atoms with Crippen molar-refractivity contribution in [2.45, 2.75) is 32.2 Å². The minimum Gasteiger partial charge on any atom is -0.337 e.